The summed E-state index contributed by atoms with van der Waals surface area (Å²) in [7, 11) is 0. The SMILES string of the molecule is OC1CCN(Cc2ccccc2NC/C=C/c2ccc(F)cc2)CC1. The van der Waals surface area contributed by atoms with Crippen molar-refractivity contribution in [1.82, 2.24) is 4.90 Å². The summed E-state index contributed by atoms with van der Waals surface area (Å²) in [5.74, 6) is -0.213. The summed E-state index contributed by atoms with van der Waals surface area (Å²) < 4.78 is 12.9. The number of rotatable bonds is 6. The first-order chi connectivity index (χ1) is 12.2. The minimum Gasteiger partial charge on any atom is -0.393 e. The Hall–Kier alpha value is -2.17. The van der Waals surface area contributed by atoms with E-state index in [0.717, 1.165) is 43.7 Å². The highest BCUT2D eigenvalue weighted by Crippen LogP contribution is 2.20. The Morgan fingerprint density at radius 1 is 1.08 bits per heavy atom. The number of para-hydroxylation sites is 1. The molecule has 1 aliphatic rings. The van der Waals surface area contributed by atoms with Gasteiger partial charge in [-0.15, -0.1) is 0 Å². The molecule has 2 N–H and O–H groups in total. The van der Waals surface area contributed by atoms with E-state index in [9.17, 15) is 9.50 Å². The third-order valence-corrected chi connectivity index (χ3v) is 4.56. The average molecular weight is 340 g/mol. The van der Waals surface area contributed by atoms with E-state index >= 15 is 0 Å². The highest BCUT2D eigenvalue weighted by molar-refractivity contribution is 5.54. The number of aliphatic hydroxyl groups is 1. The standard InChI is InChI=1S/C21H25FN2O/c22-19-9-7-17(8-10-19)4-3-13-23-21-6-2-1-5-18(21)16-24-14-11-20(25)12-15-24/h1-10,20,23,25H,11-16H2/b4-3+. The maximum absolute atomic E-state index is 12.9. The number of likely N-dealkylation sites (tertiary alicyclic amines) is 1. The van der Waals surface area contributed by atoms with Gasteiger partial charge in [-0.25, -0.2) is 4.39 Å². The van der Waals surface area contributed by atoms with Gasteiger partial charge < -0.3 is 10.4 Å². The number of nitrogens with zero attached hydrogens (tertiary/aromatic N) is 1. The summed E-state index contributed by atoms with van der Waals surface area (Å²) in [5.41, 5.74) is 3.40. The molecule has 0 amide bonds. The van der Waals surface area contributed by atoms with E-state index in [1.807, 2.05) is 18.2 Å². The molecule has 0 bridgehead atoms. The van der Waals surface area contributed by atoms with Crippen molar-refractivity contribution in [1.29, 1.82) is 0 Å². The molecular formula is C21H25FN2O. The quantitative estimate of drug-likeness (QED) is 0.837. The summed E-state index contributed by atoms with van der Waals surface area (Å²) in [6.07, 6.45) is 5.61. The van der Waals surface area contributed by atoms with E-state index in [1.54, 1.807) is 12.1 Å². The number of nitrogens with one attached hydrogen (secondary N) is 1. The van der Waals surface area contributed by atoms with Crippen molar-refractivity contribution in [2.75, 3.05) is 25.0 Å². The average Bonchev–Trinajstić information content (AvgIpc) is 2.63. The van der Waals surface area contributed by atoms with Crippen molar-refractivity contribution in [3.05, 3.63) is 71.6 Å². The third kappa shape index (κ3) is 5.41. The molecule has 3 rings (SSSR count). The van der Waals surface area contributed by atoms with Gasteiger partial charge in [-0.3, -0.25) is 4.90 Å². The zero-order valence-electron chi connectivity index (χ0n) is 14.4. The molecule has 0 unspecified atom stereocenters. The molecule has 1 fully saturated rings. The fraction of sp³-hybridized carbons (Fsp3) is 0.333. The van der Waals surface area contributed by atoms with Crippen molar-refractivity contribution in [3.63, 3.8) is 0 Å². The summed E-state index contributed by atoms with van der Waals surface area (Å²) in [6.45, 7) is 3.50. The number of benzene rings is 2. The van der Waals surface area contributed by atoms with Crippen LogP contribution in [0.2, 0.25) is 0 Å². The lowest BCUT2D eigenvalue weighted by Gasteiger charge is -2.30. The number of piperidine rings is 1. The van der Waals surface area contributed by atoms with E-state index in [2.05, 4.69) is 28.4 Å². The molecule has 4 heteroatoms. The van der Waals surface area contributed by atoms with Crippen LogP contribution in [0.1, 0.15) is 24.0 Å². The second-order valence-corrected chi connectivity index (χ2v) is 6.50. The number of hydrogen-bond acceptors (Lipinski definition) is 3. The van der Waals surface area contributed by atoms with Crippen LogP contribution in [0.3, 0.4) is 0 Å². The van der Waals surface area contributed by atoms with Crippen molar-refractivity contribution in [2.45, 2.75) is 25.5 Å². The normalized spacial score (nSPS) is 16.4. The molecular weight excluding hydrogens is 315 g/mol. The van der Waals surface area contributed by atoms with Crippen molar-refractivity contribution >= 4 is 11.8 Å². The minimum absolute atomic E-state index is 0.138. The van der Waals surface area contributed by atoms with Crippen LogP contribution < -0.4 is 5.32 Å². The molecule has 25 heavy (non-hydrogen) atoms. The van der Waals surface area contributed by atoms with Gasteiger partial charge in [-0.2, -0.15) is 0 Å². The Morgan fingerprint density at radius 3 is 2.56 bits per heavy atom. The lowest BCUT2D eigenvalue weighted by Crippen LogP contribution is -2.35. The van der Waals surface area contributed by atoms with Gasteiger partial charge in [0.05, 0.1) is 6.10 Å². The van der Waals surface area contributed by atoms with Crippen molar-refractivity contribution < 1.29 is 9.50 Å². The molecule has 132 valence electrons. The summed E-state index contributed by atoms with van der Waals surface area (Å²) in [4.78, 5) is 2.39. The van der Waals surface area contributed by atoms with Crippen molar-refractivity contribution in [2.24, 2.45) is 0 Å². The van der Waals surface area contributed by atoms with Crippen molar-refractivity contribution in [3.8, 4) is 0 Å². The molecule has 0 saturated carbocycles. The van der Waals surface area contributed by atoms with Crippen LogP contribution in [-0.4, -0.2) is 35.7 Å². The Balaban J connectivity index is 1.54. The Kier molecular flexibility index (Phi) is 6.20. The van der Waals surface area contributed by atoms with Gasteiger partial charge in [0.15, 0.2) is 0 Å². The molecule has 2 aromatic rings. The molecule has 1 heterocycles. The van der Waals surface area contributed by atoms with Crippen LogP contribution in [0.25, 0.3) is 6.08 Å². The molecule has 1 saturated heterocycles. The number of aliphatic hydroxyl groups excluding tert-OH is 1. The topological polar surface area (TPSA) is 35.5 Å². The molecule has 2 aromatic carbocycles. The summed E-state index contributed by atoms with van der Waals surface area (Å²) >= 11 is 0. The van der Waals surface area contributed by atoms with Gasteiger partial charge in [-0.05, 0) is 42.2 Å². The van der Waals surface area contributed by atoms with Gasteiger partial charge >= 0.3 is 0 Å². The zero-order valence-corrected chi connectivity index (χ0v) is 14.4. The molecule has 0 atom stereocenters. The van der Waals surface area contributed by atoms with E-state index in [0.29, 0.717) is 6.54 Å². The second kappa shape index (κ2) is 8.79. The van der Waals surface area contributed by atoms with Crippen LogP contribution in [0.4, 0.5) is 10.1 Å². The summed E-state index contributed by atoms with van der Waals surface area (Å²) in [6, 6.07) is 14.8. The third-order valence-electron chi connectivity index (χ3n) is 4.56. The smallest absolute Gasteiger partial charge is 0.123 e. The van der Waals surface area contributed by atoms with E-state index in [4.69, 9.17) is 0 Å². The minimum atomic E-state index is -0.213. The zero-order chi connectivity index (χ0) is 17.5. The molecule has 0 radical (unpaired) electrons. The number of anilines is 1. The van der Waals surface area contributed by atoms with Crippen LogP contribution in [0.15, 0.2) is 54.6 Å². The van der Waals surface area contributed by atoms with Crippen LogP contribution >= 0.6 is 0 Å². The monoisotopic (exact) mass is 340 g/mol. The highest BCUT2D eigenvalue weighted by atomic mass is 19.1. The number of halogens is 1. The van der Waals surface area contributed by atoms with E-state index < -0.39 is 0 Å². The first-order valence-corrected chi connectivity index (χ1v) is 8.85. The number of hydrogen-bond donors (Lipinski definition) is 2. The van der Waals surface area contributed by atoms with Crippen LogP contribution in [0.5, 0.6) is 0 Å². The first kappa shape index (κ1) is 17.6. The molecule has 1 aliphatic heterocycles. The van der Waals surface area contributed by atoms with Gasteiger partial charge in [-0.1, -0.05) is 42.5 Å². The molecule has 3 nitrogen and oxygen atoms in total. The fourth-order valence-electron chi connectivity index (χ4n) is 3.09. The van der Waals surface area contributed by atoms with Crippen LogP contribution in [-0.2, 0) is 6.54 Å². The molecule has 0 aliphatic carbocycles. The second-order valence-electron chi connectivity index (χ2n) is 6.50. The van der Waals surface area contributed by atoms with Gasteiger partial charge in [0.1, 0.15) is 5.82 Å². The lowest BCUT2D eigenvalue weighted by atomic mass is 10.1. The predicted molar refractivity (Wildman–Crippen MR) is 101 cm³/mol. The Morgan fingerprint density at radius 2 is 1.80 bits per heavy atom. The van der Waals surface area contributed by atoms with E-state index in [-0.39, 0.29) is 11.9 Å². The van der Waals surface area contributed by atoms with Crippen LogP contribution in [0, 0.1) is 5.82 Å². The fourth-order valence-corrected chi connectivity index (χ4v) is 3.09. The maximum Gasteiger partial charge on any atom is 0.123 e. The maximum atomic E-state index is 12.9. The van der Waals surface area contributed by atoms with Gasteiger partial charge in [0.2, 0.25) is 0 Å². The first-order valence-electron chi connectivity index (χ1n) is 8.85. The Labute approximate surface area is 148 Å². The predicted octanol–water partition coefficient (Wildman–Crippen LogP) is 3.91. The highest BCUT2D eigenvalue weighted by Gasteiger charge is 2.17. The molecule has 0 spiro atoms. The largest absolute Gasteiger partial charge is 0.393 e. The van der Waals surface area contributed by atoms with Gasteiger partial charge in [0, 0.05) is 31.9 Å². The lowest BCUT2D eigenvalue weighted by molar-refractivity contribution is 0.0793. The summed E-state index contributed by atoms with van der Waals surface area (Å²) in [5, 5.41) is 13.1. The Bertz CT molecular complexity index is 691. The van der Waals surface area contributed by atoms with Gasteiger partial charge in [0.25, 0.3) is 0 Å². The van der Waals surface area contributed by atoms with E-state index in [1.165, 1.54) is 17.7 Å². The molecule has 0 aromatic heterocycles.